The minimum atomic E-state index is -4.43. The fraction of sp³-hybridized carbons (Fsp3) is 0.536. The number of hydrogen-bond donors (Lipinski definition) is 2. The van der Waals surface area contributed by atoms with Crippen molar-refractivity contribution in [1.82, 2.24) is 4.98 Å². The van der Waals surface area contributed by atoms with Crippen molar-refractivity contribution in [2.24, 2.45) is 5.41 Å². The number of hydrogen-bond acceptors (Lipinski definition) is 3. The molecule has 0 aliphatic heterocycles. The van der Waals surface area contributed by atoms with Gasteiger partial charge in [0.05, 0.1) is 11.7 Å². The van der Waals surface area contributed by atoms with Crippen molar-refractivity contribution in [2.75, 3.05) is 0 Å². The first-order chi connectivity index (χ1) is 16.1. The molecule has 1 aromatic carbocycles. The Balaban J connectivity index is 1.69. The summed E-state index contributed by atoms with van der Waals surface area (Å²) in [5.74, 6) is 0.0153. The number of rotatable bonds is 4. The third-order valence-electron chi connectivity index (χ3n) is 8.03. The van der Waals surface area contributed by atoms with Gasteiger partial charge in [-0.2, -0.15) is 13.2 Å². The maximum Gasteiger partial charge on any atom is 0.416 e. The third-order valence-corrected chi connectivity index (χ3v) is 8.03. The number of aromatic nitrogens is 1. The maximum atomic E-state index is 13.1. The number of fused-ring (bicyclic) bond motifs is 1. The summed E-state index contributed by atoms with van der Waals surface area (Å²) in [6.07, 6.45) is 3.75. The zero-order valence-corrected chi connectivity index (χ0v) is 19.8. The van der Waals surface area contributed by atoms with Crippen LogP contribution in [0.25, 0.3) is 5.57 Å². The predicted octanol–water partition coefficient (Wildman–Crippen LogP) is 7.02. The summed E-state index contributed by atoms with van der Waals surface area (Å²) in [6.45, 7) is 4.06. The lowest BCUT2D eigenvalue weighted by molar-refractivity contribution is -0.137. The Morgan fingerprint density at radius 1 is 1.09 bits per heavy atom. The quantitative estimate of drug-likeness (QED) is 0.504. The Labute approximate surface area is 198 Å². The molecule has 1 unspecified atom stereocenters. The van der Waals surface area contributed by atoms with E-state index in [1.807, 2.05) is 13.8 Å². The average molecular weight is 472 g/mol. The normalized spacial score (nSPS) is 22.5. The summed E-state index contributed by atoms with van der Waals surface area (Å²) in [5, 5.41) is 22.9. The summed E-state index contributed by atoms with van der Waals surface area (Å²) in [4.78, 5) is 5.05. The number of aliphatic hydroxyl groups excluding tert-OH is 2. The molecule has 0 bridgehead atoms. The molecule has 5 rings (SSSR count). The first-order valence-electron chi connectivity index (χ1n) is 12.4. The highest BCUT2D eigenvalue weighted by Gasteiger charge is 2.45. The summed E-state index contributed by atoms with van der Waals surface area (Å²) in [5.41, 5.74) is 4.98. The van der Waals surface area contributed by atoms with E-state index in [2.05, 4.69) is 6.08 Å². The van der Waals surface area contributed by atoms with Gasteiger partial charge < -0.3 is 10.2 Å². The second-order valence-corrected chi connectivity index (χ2v) is 10.7. The van der Waals surface area contributed by atoms with Crippen LogP contribution >= 0.6 is 0 Å². The van der Waals surface area contributed by atoms with E-state index < -0.39 is 23.9 Å². The van der Waals surface area contributed by atoms with Gasteiger partial charge in [-0.05, 0) is 85.1 Å². The average Bonchev–Trinajstić information content (AvgIpc) is 3.30. The van der Waals surface area contributed by atoms with Crippen LogP contribution in [0.4, 0.5) is 13.2 Å². The van der Waals surface area contributed by atoms with Gasteiger partial charge >= 0.3 is 6.18 Å². The summed E-state index contributed by atoms with van der Waals surface area (Å²) < 4.78 is 39.3. The Morgan fingerprint density at radius 3 is 2.32 bits per heavy atom. The van der Waals surface area contributed by atoms with Gasteiger partial charge in [0.2, 0.25) is 0 Å². The lowest BCUT2D eigenvalue weighted by atomic mass is 9.59. The zero-order valence-electron chi connectivity index (χ0n) is 19.8. The highest BCUT2D eigenvalue weighted by atomic mass is 19.4. The number of allylic oxidation sites excluding steroid dienone is 2. The van der Waals surface area contributed by atoms with E-state index in [0.717, 1.165) is 78.7 Å². The van der Waals surface area contributed by atoms with Crippen molar-refractivity contribution in [2.45, 2.75) is 89.5 Å². The second kappa shape index (κ2) is 8.49. The minimum absolute atomic E-state index is 0.0153. The van der Waals surface area contributed by atoms with Crippen molar-refractivity contribution in [3.05, 3.63) is 69.5 Å². The lowest BCUT2D eigenvalue weighted by Crippen LogP contribution is -2.38. The lowest BCUT2D eigenvalue weighted by Gasteiger charge is -2.47. The second-order valence-electron chi connectivity index (χ2n) is 10.7. The van der Waals surface area contributed by atoms with E-state index in [1.165, 1.54) is 18.6 Å². The SMILES string of the molecule is CC(C)c1nc2c(c(C3=CCCC3)c1[C@H](O)c1ccc(C(F)(F)F)cc1)C(O)CC1(CCC1)C2. The molecule has 1 heterocycles. The van der Waals surface area contributed by atoms with Crippen LogP contribution in [-0.4, -0.2) is 15.2 Å². The van der Waals surface area contributed by atoms with Gasteiger partial charge in [0.25, 0.3) is 0 Å². The molecule has 1 saturated carbocycles. The topological polar surface area (TPSA) is 53.4 Å². The molecule has 3 nitrogen and oxygen atoms in total. The molecule has 1 spiro atoms. The monoisotopic (exact) mass is 471 g/mol. The van der Waals surface area contributed by atoms with Gasteiger partial charge in [0.1, 0.15) is 6.10 Å². The Hall–Kier alpha value is -2.18. The van der Waals surface area contributed by atoms with Crippen LogP contribution < -0.4 is 0 Å². The molecule has 1 fully saturated rings. The van der Waals surface area contributed by atoms with Gasteiger partial charge in [0.15, 0.2) is 0 Å². The van der Waals surface area contributed by atoms with E-state index >= 15 is 0 Å². The van der Waals surface area contributed by atoms with Gasteiger partial charge in [-0.25, -0.2) is 0 Å². The number of alkyl halides is 3. The van der Waals surface area contributed by atoms with E-state index in [4.69, 9.17) is 4.98 Å². The van der Waals surface area contributed by atoms with Gasteiger partial charge in [-0.15, -0.1) is 0 Å². The van der Waals surface area contributed by atoms with Gasteiger partial charge in [-0.3, -0.25) is 4.98 Å². The highest BCUT2D eigenvalue weighted by Crippen LogP contribution is 2.55. The van der Waals surface area contributed by atoms with Crippen LogP contribution in [0.5, 0.6) is 0 Å². The molecule has 2 aromatic rings. The van der Waals surface area contributed by atoms with Crippen LogP contribution in [0, 0.1) is 5.41 Å². The third kappa shape index (κ3) is 3.99. The highest BCUT2D eigenvalue weighted by molar-refractivity contribution is 5.75. The van der Waals surface area contributed by atoms with Crippen LogP contribution in [0.1, 0.15) is 116 Å². The van der Waals surface area contributed by atoms with Crippen LogP contribution in [0.3, 0.4) is 0 Å². The molecule has 3 aliphatic rings. The van der Waals surface area contributed by atoms with Gasteiger partial charge in [-0.1, -0.05) is 38.5 Å². The largest absolute Gasteiger partial charge is 0.416 e. The van der Waals surface area contributed by atoms with E-state index in [0.29, 0.717) is 17.5 Å². The molecule has 34 heavy (non-hydrogen) atoms. The van der Waals surface area contributed by atoms with Crippen molar-refractivity contribution >= 4 is 5.57 Å². The molecule has 0 radical (unpaired) electrons. The first-order valence-corrected chi connectivity index (χ1v) is 12.4. The molecule has 3 aliphatic carbocycles. The predicted molar refractivity (Wildman–Crippen MR) is 125 cm³/mol. The fourth-order valence-electron chi connectivity index (χ4n) is 6.16. The number of nitrogens with zero attached hydrogens (tertiary/aromatic N) is 1. The van der Waals surface area contributed by atoms with Crippen molar-refractivity contribution < 1.29 is 23.4 Å². The standard InChI is InChI=1S/C28H32F3NO2/c1-16(2)25-24(26(34)18-8-10-19(11-9-18)28(29,30)31)22(17-6-3-4-7-17)23-20(32-25)14-27(12-5-13-27)15-21(23)33/h6,8-11,16,21,26,33-34H,3-5,7,12-15H2,1-2H3/t21?,26-/m1/s1. The molecular formula is C28H32F3NO2. The number of aliphatic hydroxyl groups is 2. The molecule has 2 N–H and O–H groups in total. The first kappa shape index (κ1) is 23.6. The van der Waals surface area contributed by atoms with Crippen LogP contribution in [-0.2, 0) is 12.6 Å². The van der Waals surface area contributed by atoms with Crippen molar-refractivity contribution in [1.29, 1.82) is 0 Å². The molecular weight excluding hydrogens is 439 g/mol. The number of halogens is 3. The molecule has 0 saturated heterocycles. The molecule has 182 valence electrons. The summed E-state index contributed by atoms with van der Waals surface area (Å²) in [7, 11) is 0. The zero-order chi connectivity index (χ0) is 24.3. The van der Waals surface area contributed by atoms with Crippen molar-refractivity contribution in [3.63, 3.8) is 0 Å². The maximum absolute atomic E-state index is 13.1. The summed E-state index contributed by atoms with van der Waals surface area (Å²) in [6, 6.07) is 4.74. The Kier molecular flexibility index (Phi) is 5.88. The van der Waals surface area contributed by atoms with E-state index in [9.17, 15) is 23.4 Å². The van der Waals surface area contributed by atoms with E-state index in [-0.39, 0.29) is 11.3 Å². The number of benzene rings is 1. The smallest absolute Gasteiger partial charge is 0.388 e. The minimum Gasteiger partial charge on any atom is -0.388 e. The molecule has 1 aromatic heterocycles. The van der Waals surface area contributed by atoms with Crippen molar-refractivity contribution in [3.8, 4) is 0 Å². The Morgan fingerprint density at radius 2 is 1.79 bits per heavy atom. The fourth-order valence-corrected chi connectivity index (χ4v) is 6.16. The van der Waals surface area contributed by atoms with Crippen LogP contribution in [0.2, 0.25) is 0 Å². The van der Waals surface area contributed by atoms with Gasteiger partial charge in [0, 0.05) is 22.5 Å². The Bertz CT molecular complexity index is 1110. The molecule has 6 heteroatoms. The van der Waals surface area contributed by atoms with E-state index in [1.54, 1.807) is 0 Å². The number of pyridine rings is 1. The summed E-state index contributed by atoms with van der Waals surface area (Å²) >= 11 is 0. The molecule has 0 amide bonds. The van der Waals surface area contributed by atoms with Crippen LogP contribution in [0.15, 0.2) is 30.3 Å². The molecule has 2 atom stereocenters.